The highest BCUT2D eigenvalue weighted by atomic mass is 15.3. The number of nitrogens with two attached hydrogens (primary N) is 1. The first kappa shape index (κ1) is 14.9. The fraction of sp³-hybridized carbons (Fsp3) is 0.211. The first-order chi connectivity index (χ1) is 12.8. The van der Waals surface area contributed by atoms with E-state index in [0.717, 1.165) is 36.0 Å². The minimum atomic E-state index is 0.234. The van der Waals surface area contributed by atoms with Gasteiger partial charge in [-0.2, -0.15) is 5.10 Å². The van der Waals surface area contributed by atoms with Gasteiger partial charge < -0.3 is 5.73 Å². The minimum absolute atomic E-state index is 0.234. The van der Waals surface area contributed by atoms with E-state index in [4.69, 9.17) is 10.8 Å². The molecule has 1 aliphatic carbocycles. The van der Waals surface area contributed by atoms with Crippen LogP contribution >= 0.6 is 0 Å². The third-order valence-electron chi connectivity index (χ3n) is 5.01. The molecule has 4 aromatic rings. The molecule has 0 aliphatic heterocycles. The lowest BCUT2D eigenvalue weighted by atomic mass is 9.88. The van der Waals surface area contributed by atoms with Crippen molar-refractivity contribution in [2.45, 2.75) is 25.3 Å². The lowest BCUT2D eigenvalue weighted by molar-refractivity contribution is 0.415. The zero-order chi connectivity index (χ0) is 17.5. The van der Waals surface area contributed by atoms with E-state index in [0.29, 0.717) is 11.5 Å². The van der Waals surface area contributed by atoms with Crippen molar-refractivity contribution in [3.8, 4) is 11.4 Å². The summed E-state index contributed by atoms with van der Waals surface area (Å²) >= 11 is 0. The molecular formula is C19H17N7. The Morgan fingerprint density at radius 2 is 1.88 bits per heavy atom. The Bertz CT molecular complexity index is 1090. The third-order valence-corrected chi connectivity index (χ3v) is 5.01. The number of fused-ring (bicyclic) bond motifs is 2. The number of hydrogen-bond acceptors (Lipinski definition) is 6. The summed E-state index contributed by atoms with van der Waals surface area (Å²) < 4.78 is 2.00. The normalized spacial score (nSPS) is 16.5. The average molecular weight is 343 g/mol. The van der Waals surface area contributed by atoms with Gasteiger partial charge in [0.15, 0.2) is 5.65 Å². The van der Waals surface area contributed by atoms with Crippen LogP contribution in [0.3, 0.4) is 0 Å². The van der Waals surface area contributed by atoms with Gasteiger partial charge >= 0.3 is 0 Å². The first-order valence-electron chi connectivity index (χ1n) is 8.63. The second-order valence-corrected chi connectivity index (χ2v) is 6.51. The van der Waals surface area contributed by atoms with Crippen LogP contribution in [0.4, 0.5) is 5.82 Å². The summed E-state index contributed by atoms with van der Waals surface area (Å²) in [6.45, 7) is 0. The standard InChI is InChI=1S/C19H17N7/c20-18-16-17(15-7-8-21-10-22-15)25-26(19(16)24-11-23-18)14-6-5-12-3-1-2-4-13(12)9-14/h1-4,7-8,10-11,14H,5-6,9H2,(H2,20,23,24). The van der Waals surface area contributed by atoms with Crippen molar-refractivity contribution in [2.24, 2.45) is 0 Å². The first-order valence-corrected chi connectivity index (χ1v) is 8.63. The minimum Gasteiger partial charge on any atom is -0.383 e. The Hall–Kier alpha value is -3.35. The number of aromatic nitrogens is 6. The van der Waals surface area contributed by atoms with Gasteiger partial charge in [0, 0.05) is 6.20 Å². The van der Waals surface area contributed by atoms with Gasteiger partial charge in [-0.1, -0.05) is 24.3 Å². The van der Waals surface area contributed by atoms with Gasteiger partial charge in [-0.05, 0) is 36.5 Å². The molecule has 7 nitrogen and oxygen atoms in total. The predicted molar refractivity (Wildman–Crippen MR) is 98.3 cm³/mol. The zero-order valence-electron chi connectivity index (χ0n) is 14.1. The molecule has 3 aromatic heterocycles. The van der Waals surface area contributed by atoms with Crippen molar-refractivity contribution in [1.82, 2.24) is 29.7 Å². The fourth-order valence-corrected chi connectivity index (χ4v) is 3.75. The SMILES string of the molecule is Nc1ncnc2c1c(-c1ccncn1)nn2C1CCc2ccccc2C1. The van der Waals surface area contributed by atoms with Crippen LogP contribution in [0.5, 0.6) is 0 Å². The van der Waals surface area contributed by atoms with Crippen LogP contribution < -0.4 is 5.73 Å². The molecule has 0 bridgehead atoms. The Morgan fingerprint density at radius 1 is 1.00 bits per heavy atom. The molecule has 1 aliphatic rings. The van der Waals surface area contributed by atoms with Crippen LogP contribution in [-0.4, -0.2) is 29.7 Å². The topological polar surface area (TPSA) is 95.4 Å². The molecule has 3 heterocycles. The number of nitrogens with zero attached hydrogens (tertiary/aromatic N) is 6. The number of aryl methyl sites for hydroxylation is 1. The van der Waals surface area contributed by atoms with E-state index in [9.17, 15) is 0 Å². The summed E-state index contributed by atoms with van der Waals surface area (Å²) in [7, 11) is 0. The maximum Gasteiger partial charge on any atom is 0.164 e. The van der Waals surface area contributed by atoms with Crippen molar-refractivity contribution in [3.05, 3.63) is 60.3 Å². The Kier molecular flexibility index (Phi) is 3.38. The lowest BCUT2D eigenvalue weighted by Crippen LogP contribution is -2.20. The van der Waals surface area contributed by atoms with Gasteiger partial charge in [0.25, 0.3) is 0 Å². The van der Waals surface area contributed by atoms with Crippen molar-refractivity contribution in [1.29, 1.82) is 0 Å². The summed E-state index contributed by atoms with van der Waals surface area (Å²) in [5.74, 6) is 0.422. The molecule has 5 rings (SSSR count). The molecule has 0 radical (unpaired) electrons. The molecule has 128 valence electrons. The van der Waals surface area contributed by atoms with Crippen LogP contribution in [0.25, 0.3) is 22.4 Å². The van der Waals surface area contributed by atoms with Gasteiger partial charge in [-0.3, -0.25) is 0 Å². The van der Waals surface area contributed by atoms with Gasteiger partial charge in [0.2, 0.25) is 0 Å². The van der Waals surface area contributed by atoms with Gasteiger partial charge in [-0.25, -0.2) is 24.6 Å². The van der Waals surface area contributed by atoms with E-state index in [1.54, 1.807) is 6.20 Å². The van der Waals surface area contributed by atoms with E-state index in [2.05, 4.69) is 44.2 Å². The number of benzene rings is 1. The molecule has 1 unspecified atom stereocenters. The molecule has 0 saturated carbocycles. The number of hydrogen-bond donors (Lipinski definition) is 1. The van der Waals surface area contributed by atoms with Crippen LogP contribution in [0.15, 0.2) is 49.2 Å². The van der Waals surface area contributed by atoms with Crippen LogP contribution in [0.2, 0.25) is 0 Å². The number of rotatable bonds is 2. The summed E-state index contributed by atoms with van der Waals surface area (Å²) in [4.78, 5) is 17.0. The predicted octanol–water partition coefficient (Wildman–Crippen LogP) is 2.60. The molecule has 0 spiro atoms. The van der Waals surface area contributed by atoms with Crippen LogP contribution in [0.1, 0.15) is 23.6 Å². The van der Waals surface area contributed by atoms with E-state index in [1.165, 1.54) is 23.8 Å². The van der Waals surface area contributed by atoms with Crippen LogP contribution in [0, 0.1) is 0 Å². The molecular weight excluding hydrogens is 326 g/mol. The second-order valence-electron chi connectivity index (χ2n) is 6.51. The maximum absolute atomic E-state index is 6.17. The summed E-state index contributed by atoms with van der Waals surface area (Å²) in [5.41, 5.74) is 11.2. The van der Waals surface area contributed by atoms with E-state index >= 15 is 0 Å². The molecule has 0 amide bonds. The van der Waals surface area contributed by atoms with Crippen molar-refractivity contribution < 1.29 is 0 Å². The Labute approximate surface area is 150 Å². The monoisotopic (exact) mass is 343 g/mol. The Balaban J connectivity index is 1.67. The fourth-order valence-electron chi connectivity index (χ4n) is 3.75. The van der Waals surface area contributed by atoms with Gasteiger partial charge in [-0.15, -0.1) is 0 Å². The highest BCUT2D eigenvalue weighted by Gasteiger charge is 2.25. The summed E-state index contributed by atoms with van der Waals surface area (Å²) in [6, 6.07) is 10.7. The molecule has 1 aromatic carbocycles. The molecule has 26 heavy (non-hydrogen) atoms. The van der Waals surface area contributed by atoms with E-state index in [1.807, 2.05) is 10.7 Å². The van der Waals surface area contributed by atoms with Crippen molar-refractivity contribution in [2.75, 3.05) is 5.73 Å². The van der Waals surface area contributed by atoms with E-state index < -0.39 is 0 Å². The smallest absolute Gasteiger partial charge is 0.164 e. The van der Waals surface area contributed by atoms with Crippen LogP contribution in [-0.2, 0) is 12.8 Å². The summed E-state index contributed by atoms with van der Waals surface area (Å²) in [6.07, 6.45) is 7.68. The second kappa shape index (κ2) is 5.87. The van der Waals surface area contributed by atoms with Gasteiger partial charge in [0.05, 0.1) is 17.1 Å². The Morgan fingerprint density at radius 3 is 2.73 bits per heavy atom. The molecule has 1 atom stereocenters. The lowest BCUT2D eigenvalue weighted by Gasteiger charge is -2.25. The third kappa shape index (κ3) is 2.32. The summed E-state index contributed by atoms with van der Waals surface area (Å²) in [5, 5.41) is 5.62. The molecule has 0 fully saturated rings. The molecule has 0 saturated heterocycles. The average Bonchev–Trinajstić information content (AvgIpc) is 3.09. The molecule has 7 heteroatoms. The largest absolute Gasteiger partial charge is 0.383 e. The van der Waals surface area contributed by atoms with E-state index in [-0.39, 0.29) is 6.04 Å². The quantitative estimate of drug-likeness (QED) is 0.601. The maximum atomic E-state index is 6.17. The van der Waals surface area contributed by atoms with Crippen molar-refractivity contribution in [3.63, 3.8) is 0 Å². The number of nitrogen functional groups attached to an aromatic ring is 1. The van der Waals surface area contributed by atoms with Crippen molar-refractivity contribution >= 4 is 16.9 Å². The van der Waals surface area contributed by atoms with Gasteiger partial charge in [0.1, 0.15) is 24.2 Å². The molecule has 2 N–H and O–H groups in total. The highest BCUT2D eigenvalue weighted by molar-refractivity contribution is 5.97. The number of anilines is 1. The zero-order valence-corrected chi connectivity index (χ0v) is 14.1. The highest BCUT2D eigenvalue weighted by Crippen LogP contribution is 2.34.